The molecule has 4 nitrogen and oxygen atoms in total. The molecule has 1 aromatic heterocycles. The predicted octanol–water partition coefficient (Wildman–Crippen LogP) is 3.30. The Kier molecular flexibility index (Phi) is 6.69. The number of carbonyl (C=O) groups is 1. The molecule has 1 aromatic rings. The standard InChI is InChI=1S/C15H23N3OS.2ClH/c1-15(2,3)13-12(20-8-16-13)14(19)18-11-6-9-4-5-10(7-11)17-9;;/h8-11,17H,4-7H2,1-3H3,(H,18,19);2*1H. The number of amides is 1. The van der Waals surface area contributed by atoms with E-state index in [9.17, 15) is 4.79 Å². The van der Waals surface area contributed by atoms with Crippen molar-refractivity contribution in [3.63, 3.8) is 0 Å². The lowest BCUT2D eigenvalue weighted by Gasteiger charge is -2.29. The number of piperidine rings is 1. The quantitative estimate of drug-likeness (QED) is 0.845. The number of hydrogen-bond donors (Lipinski definition) is 2. The van der Waals surface area contributed by atoms with Crippen LogP contribution in [0.5, 0.6) is 0 Å². The molecule has 2 aliphatic heterocycles. The van der Waals surface area contributed by atoms with Crippen molar-refractivity contribution in [1.82, 2.24) is 15.6 Å². The number of hydrogen-bond acceptors (Lipinski definition) is 4. The van der Waals surface area contributed by atoms with Gasteiger partial charge in [-0.2, -0.15) is 0 Å². The van der Waals surface area contributed by atoms with Gasteiger partial charge in [-0.1, -0.05) is 20.8 Å². The van der Waals surface area contributed by atoms with Crippen LogP contribution in [0, 0.1) is 0 Å². The van der Waals surface area contributed by atoms with Crippen molar-refractivity contribution in [3.05, 3.63) is 16.1 Å². The maximum atomic E-state index is 12.5. The molecule has 0 aromatic carbocycles. The highest BCUT2D eigenvalue weighted by Crippen LogP contribution is 2.29. The first kappa shape index (κ1) is 19.7. The fraction of sp³-hybridized carbons (Fsp3) is 0.733. The summed E-state index contributed by atoms with van der Waals surface area (Å²) in [6, 6.07) is 1.52. The average molecular weight is 366 g/mol. The van der Waals surface area contributed by atoms with Gasteiger partial charge >= 0.3 is 0 Å². The van der Waals surface area contributed by atoms with Crippen molar-refractivity contribution >= 4 is 42.1 Å². The van der Waals surface area contributed by atoms with Crippen LogP contribution in [0.2, 0.25) is 0 Å². The van der Waals surface area contributed by atoms with E-state index in [4.69, 9.17) is 0 Å². The summed E-state index contributed by atoms with van der Waals surface area (Å²) in [6.07, 6.45) is 4.63. The molecule has 3 heterocycles. The molecule has 2 fully saturated rings. The molecule has 2 bridgehead atoms. The van der Waals surface area contributed by atoms with Crippen LogP contribution in [0.15, 0.2) is 5.51 Å². The van der Waals surface area contributed by atoms with Gasteiger partial charge in [-0.3, -0.25) is 4.79 Å². The molecule has 0 aliphatic carbocycles. The Bertz CT molecular complexity index is 503. The van der Waals surface area contributed by atoms with Crippen molar-refractivity contribution in [2.45, 2.75) is 70.0 Å². The molecule has 2 aliphatic rings. The zero-order valence-corrected chi connectivity index (χ0v) is 15.7. The van der Waals surface area contributed by atoms with Crippen LogP contribution < -0.4 is 10.6 Å². The summed E-state index contributed by atoms with van der Waals surface area (Å²) in [4.78, 5) is 17.7. The van der Waals surface area contributed by atoms with Gasteiger partial charge < -0.3 is 10.6 Å². The predicted molar refractivity (Wildman–Crippen MR) is 95.7 cm³/mol. The van der Waals surface area contributed by atoms with Crippen molar-refractivity contribution in [2.75, 3.05) is 0 Å². The van der Waals surface area contributed by atoms with E-state index in [2.05, 4.69) is 36.4 Å². The van der Waals surface area contributed by atoms with Gasteiger partial charge in [0.15, 0.2) is 0 Å². The second-order valence-electron chi connectivity index (χ2n) is 7.06. The lowest BCUT2D eigenvalue weighted by Crippen LogP contribution is -2.48. The highest BCUT2D eigenvalue weighted by molar-refractivity contribution is 7.11. The lowest BCUT2D eigenvalue weighted by atomic mass is 9.91. The molecule has 126 valence electrons. The first-order valence-electron chi connectivity index (χ1n) is 7.44. The van der Waals surface area contributed by atoms with E-state index in [-0.39, 0.29) is 36.1 Å². The van der Waals surface area contributed by atoms with E-state index >= 15 is 0 Å². The monoisotopic (exact) mass is 365 g/mol. The molecule has 2 unspecified atom stereocenters. The van der Waals surface area contributed by atoms with Crippen LogP contribution in [0.1, 0.15) is 61.8 Å². The largest absolute Gasteiger partial charge is 0.348 e. The second-order valence-corrected chi connectivity index (χ2v) is 7.91. The number of carbonyl (C=O) groups excluding carboxylic acids is 1. The Morgan fingerprint density at radius 2 is 1.86 bits per heavy atom. The van der Waals surface area contributed by atoms with Gasteiger partial charge in [0.1, 0.15) is 4.88 Å². The van der Waals surface area contributed by atoms with Crippen LogP contribution >= 0.6 is 36.2 Å². The lowest BCUT2D eigenvalue weighted by molar-refractivity contribution is 0.0925. The molecule has 0 spiro atoms. The van der Waals surface area contributed by atoms with Crippen LogP contribution in [0.3, 0.4) is 0 Å². The summed E-state index contributed by atoms with van der Waals surface area (Å²) in [7, 11) is 0. The van der Waals surface area contributed by atoms with Gasteiger partial charge in [0.25, 0.3) is 5.91 Å². The summed E-state index contributed by atoms with van der Waals surface area (Å²) >= 11 is 1.45. The highest BCUT2D eigenvalue weighted by Gasteiger charge is 2.35. The Balaban J connectivity index is 0.00000121. The molecule has 0 radical (unpaired) electrons. The number of nitrogens with one attached hydrogen (secondary N) is 2. The molecular formula is C15H25Cl2N3OS. The number of thiazole rings is 1. The average Bonchev–Trinajstić information content (AvgIpc) is 2.95. The molecule has 0 saturated carbocycles. The SMILES string of the molecule is CC(C)(C)c1ncsc1C(=O)NC1CC2CCC(C1)N2.Cl.Cl. The van der Waals surface area contributed by atoms with Crippen molar-refractivity contribution < 1.29 is 4.79 Å². The Labute approximate surface area is 148 Å². The number of rotatable bonds is 2. The van der Waals surface area contributed by atoms with Gasteiger partial charge in [0, 0.05) is 23.5 Å². The maximum Gasteiger partial charge on any atom is 0.263 e. The third kappa shape index (κ3) is 4.13. The molecule has 7 heteroatoms. The summed E-state index contributed by atoms with van der Waals surface area (Å²) in [5.74, 6) is 0.0590. The third-order valence-corrected chi connectivity index (χ3v) is 5.12. The zero-order valence-electron chi connectivity index (χ0n) is 13.2. The Hall–Kier alpha value is -0.360. The minimum atomic E-state index is -0.0835. The van der Waals surface area contributed by atoms with Gasteiger partial charge in [-0.05, 0) is 25.7 Å². The van der Waals surface area contributed by atoms with Crippen LogP contribution in [-0.4, -0.2) is 29.0 Å². The van der Waals surface area contributed by atoms with E-state index < -0.39 is 0 Å². The fourth-order valence-corrected chi connectivity index (χ4v) is 4.27. The minimum Gasteiger partial charge on any atom is -0.348 e. The molecular weight excluding hydrogens is 341 g/mol. The van der Waals surface area contributed by atoms with Gasteiger partial charge in [0.2, 0.25) is 0 Å². The van der Waals surface area contributed by atoms with E-state index in [1.165, 1.54) is 24.2 Å². The third-order valence-electron chi connectivity index (χ3n) is 4.29. The normalized spacial score (nSPS) is 26.8. The van der Waals surface area contributed by atoms with Crippen LogP contribution in [0.4, 0.5) is 0 Å². The summed E-state index contributed by atoms with van der Waals surface area (Å²) in [5.41, 5.74) is 2.61. The summed E-state index contributed by atoms with van der Waals surface area (Å²) < 4.78 is 0. The van der Waals surface area contributed by atoms with Crippen molar-refractivity contribution in [3.8, 4) is 0 Å². The van der Waals surface area contributed by atoms with Crippen LogP contribution in [0.25, 0.3) is 0 Å². The van der Waals surface area contributed by atoms with Crippen LogP contribution in [-0.2, 0) is 5.41 Å². The van der Waals surface area contributed by atoms with Gasteiger partial charge in [-0.25, -0.2) is 4.98 Å². The van der Waals surface area contributed by atoms with E-state index in [0.29, 0.717) is 18.1 Å². The van der Waals surface area contributed by atoms with Gasteiger partial charge in [-0.15, -0.1) is 36.2 Å². The molecule has 1 amide bonds. The molecule has 22 heavy (non-hydrogen) atoms. The molecule has 3 rings (SSSR count). The highest BCUT2D eigenvalue weighted by atomic mass is 35.5. The maximum absolute atomic E-state index is 12.5. The first-order chi connectivity index (χ1) is 9.43. The number of nitrogens with zero attached hydrogens (tertiary/aromatic N) is 1. The number of aromatic nitrogens is 1. The van der Waals surface area contributed by atoms with Gasteiger partial charge in [0.05, 0.1) is 11.2 Å². The van der Waals surface area contributed by atoms with Crippen molar-refractivity contribution in [2.24, 2.45) is 0 Å². The Morgan fingerprint density at radius 1 is 1.27 bits per heavy atom. The fourth-order valence-electron chi connectivity index (χ4n) is 3.37. The topological polar surface area (TPSA) is 54.0 Å². The summed E-state index contributed by atoms with van der Waals surface area (Å²) in [5, 5.41) is 6.83. The van der Waals surface area contributed by atoms with E-state index in [1.54, 1.807) is 5.51 Å². The zero-order chi connectivity index (χ0) is 14.3. The van der Waals surface area contributed by atoms with E-state index in [1.807, 2.05) is 0 Å². The van der Waals surface area contributed by atoms with Crippen molar-refractivity contribution in [1.29, 1.82) is 0 Å². The number of halogens is 2. The number of fused-ring (bicyclic) bond motifs is 2. The molecule has 2 atom stereocenters. The smallest absolute Gasteiger partial charge is 0.263 e. The molecule has 2 saturated heterocycles. The minimum absolute atomic E-state index is 0. The Morgan fingerprint density at radius 3 is 2.41 bits per heavy atom. The molecule has 2 N–H and O–H groups in total. The first-order valence-corrected chi connectivity index (χ1v) is 8.32. The van der Waals surface area contributed by atoms with E-state index in [0.717, 1.165) is 23.4 Å². The summed E-state index contributed by atoms with van der Waals surface area (Å²) in [6.45, 7) is 6.30. The second kappa shape index (κ2) is 7.47.